The first-order valence-corrected chi connectivity index (χ1v) is 6.11. The van der Waals surface area contributed by atoms with Crippen molar-refractivity contribution in [2.24, 2.45) is 23.5 Å². The van der Waals surface area contributed by atoms with Gasteiger partial charge in [-0.2, -0.15) is 0 Å². The Kier molecular flexibility index (Phi) is 3.13. The second-order valence-electron chi connectivity index (χ2n) is 5.52. The molecule has 1 aliphatic heterocycles. The van der Waals surface area contributed by atoms with Crippen molar-refractivity contribution in [3.8, 4) is 0 Å². The van der Waals surface area contributed by atoms with Crippen LogP contribution in [-0.2, 0) is 0 Å². The Morgan fingerprint density at radius 2 is 2.07 bits per heavy atom. The first-order chi connectivity index (χ1) is 6.70. The van der Waals surface area contributed by atoms with E-state index in [1.54, 1.807) is 0 Å². The summed E-state index contributed by atoms with van der Waals surface area (Å²) >= 11 is 0. The molecule has 82 valence electrons. The highest BCUT2D eigenvalue weighted by Gasteiger charge is 2.36. The zero-order valence-corrected chi connectivity index (χ0v) is 9.58. The van der Waals surface area contributed by atoms with E-state index in [0.29, 0.717) is 0 Å². The lowest BCUT2D eigenvalue weighted by Crippen LogP contribution is -2.50. The fourth-order valence-corrected chi connectivity index (χ4v) is 3.53. The van der Waals surface area contributed by atoms with Gasteiger partial charge in [0.25, 0.3) is 0 Å². The Bertz CT molecular complexity index is 193. The van der Waals surface area contributed by atoms with Gasteiger partial charge in [0.1, 0.15) is 0 Å². The Morgan fingerprint density at radius 1 is 1.29 bits per heavy atom. The Balaban J connectivity index is 2.00. The Labute approximate surface area is 87.8 Å². The van der Waals surface area contributed by atoms with Gasteiger partial charge in [-0.25, -0.2) is 0 Å². The number of nitrogens with zero attached hydrogens (tertiary/aromatic N) is 1. The van der Waals surface area contributed by atoms with Crippen molar-refractivity contribution in [1.29, 1.82) is 0 Å². The largest absolute Gasteiger partial charge is 0.330 e. The van der Waals surface area contributed by atoms with E-state index >= 15 is 0 Å². The van der Waals surface area contributed by atoms with Crippen LogP contribution in [0.2, 0.25) is 0 Å². The number of likely N-dealkylation sites (tertiary alicyclic amines) is 1. The normalized spacial score (nSPS) is 44.8. The molecule has 2 nitrogen and oxygen atoms in total. The van der Waals surface area contributed by atoms with E-state index in [-0.39, 0.29) is 0 Å². The number of hydrogen-bond donors (Lipinski definition) is 1. The zero-order valence-electron chi connectivity index (χ0n) is 9.58. The van der Waals surface area contributed by atoms with E-state index in [0.717, 1.165) is 30.3 Å². The number of rotatable bonds is 1. The lowest BCUT2D eigenvalue weighted by atomic mass is 9.72. The van der Waals surface area contributed by atoms with Crippen molar-refractivity contribution < 1.29 is 0 Å². The summed E-state index contributed by atoms with van der Waals surface area (Å²) in [5, 5.41) is 0. The maximum atomic E-state index is 5.80. The van der Waals surface area contributed by atoms with Crippen LogP contribution in [-0.4, -0.2) is 31.1 Å². The molecule has 1 heterocycles. The summed E-state index contributed by atoms with van der Waals surface area (Å²) in [6.07, 6.45) is 5.67. The maximum Gasteiger partial charge on any atom is 0.0121 e. The van der Waals surface area contributed by atoms with Crippen LogP contribution in [0.4, 0.5) is 0 Å². The summed E-state index contributed by atoms with van der Waals surface area (Å²) in [4.78, 5) is 2.57. The van der Waals surface area contributed by atoms with Crippen molar-refractivity contribution in [3.63, 3.8) is 0 Å². The predicted octanol–water partition coefficient (Wildman–Crippen LogP) is 1.70. The van der Waals surface area contributed by atoms with Gasteiger partial charge in [0.2, 0.25) is 0 Å². The Morgan fingerprint density at radius 3 is 2.79 bits per heavy atom. The van der Waals surface area contributed by atoms with Crippen molar-refractivity contribution in [1.82, 2.24) is 4.90 Å². The molecule has 1 saturated heterocycles. The summed E-state index contributed by atoms with van der Waals surface area (Å²) in [5.74, 6) is 2.64. The second kappa shape index (κ2) is 4.19. The minimum atomic E-state index is 0.756. The molecule has 2 aliphatic rings. The molecule has 2 rings (SSSR count). The van der Waals surface area contributed by atoms with Crippen LogP contribution in [0.3, 0.4) is 0 Å². The quantitative estimate of drug-likeness (QED) is 0.691. The SMILES string of the molecule is CC1CCC2C(C1)CC(CN)CN2C. The highest BCUT2D eigenvalue weighted by Crippen LogP contribution is 2.38. The summed E-state index contributed by atoms with van der Waals surface area (Å²) in [5.41, 5.74) is 5.80. The van der Waals surface area contributed by atoms with Crippen molar-refractivity contribution in [3.05, 3.63) is 0 Å². The average molecular weight is 196 g/mol. The van der Waals surface area contributed by atoms with Crippen LogP contribution in [0.25, 0.3) is 0 Å². The third-order valence-electron chi connectivity index (χ3n) is 4.29. The molecule has 2 heteroatoms. The Hall–Kier alpha value is -0.0800. The van der Waals surface area contributed by atoms with Crippen LogP contribution in [0.5, 0.6) is 0 Å². The minimum absolute atomic E-state index is 0.756. The highest BCUT2D eigenvalue weighted by atomic mass is 15.1. The molecule has 0 amide bonds. The van der Waals surface area contributed by atoms with Gasteiger partial charge in [0.15, 0.2) is 0 Å². The van der Waals surface area contributed by atoms with E-state index in [9.17, 15) is 0 Å². The van der Waals surface area contributed by atoms with E-state index < -0.39 is 0 Å². The highest BCUT2D eigenvalue weighted by molar-refractivity contribution is 4.90. The molecule has 0 aromatic carbocycles. The molecule has 0 aromatic rings. The molecule has 1 saturated carbocycles. The minimum Gasteiger partial charge on any atom is -0.330 e. The van der Waals surface area contributed by atoms with Gasteiger partial charge in [0.05, 0.1) is 0 Å². The van der Waals surface area contributed by atoms with Crippen LogP contribution in [0, 0.1) is 17.8 Å². The third kappa shape index (κ3) is 1.96. The molecule has 0 aromatic heterocycles. The molecule has 0 radical (unpaired) electrons. The predicted molar refractivity (Wildman–Crippen MR) is 60.1 cm³/mol. The molecule has 1 aliphatic carbocycles. The second-order valence-corrected chi connectivity index (χ2v) is 5.52. The van der Waals surface area contributed by atoms with E-state index in [1.807, 2.05) is 0 Å². The van der Waals surface area contributed by atoms with Crippen molar-refractivity contribution in [2.45, 2.75) is 38.6 Å². The van der Waals surface area contributed by atoms with Gasteiger partial charge in [-0.3, -0.25) is 0 Å². The van der Waals surface area contributed by atoms with Crippen LogP contribution < -0.4 is 5.73 Å². The molecule has 14 heavy (non-hydrogen) atoms. The monoisotopic (exact) mass is 196 g/mol. The standard InChI is InChI=1S/C12H24N2/c1-9-3-4-12-11(5-9)6-10(7-13)8-14(12)2/h9-12H,3-8,13H2,1-2H3. The number of nitrogens with two attached hydrogens (primary N) is 1. The average Bonchev–Trinajstić information content (AvgIpc) is 2.16. The fourth-order valence-electron chi connectivity index (χ4n) is 3.53. The van der Waals surface area contributed by atoms with E-state index in [4.69, 9.17) is 5.73 Å². The van der Waals surface area contributed by atoms with Gasteiger partial charge in [-0.1, -0.05) is 6.92 Å². The lowest BCUT2D eigenvalue weighted by Gasteiger charge is -2.47. The number of hydrogen-bond acceptors (Lipinski definition) is 2. The summed E-state index contributed by atoms with van der Waals surface area (Å²) in [7, 11) is 2.29. The first kappa shape index (κ1) is 10.4. The van der Waals surface area contributed by atoms with Gasteiger partial charge >= 0.3 is 0 Å². The first-order valence-electron chi connectivity index (χ1n) is 6.11. The molecule has 2 N–H and O–H groups in total. The van der Waals surface area contributed by atoms with Crippen LogP contribution >= 0.6 is 0 Å². The summed E-state index contributed by atoms with van der Waals surface area (Å²) in [6.45, 7) is 4.51. The lowest BCUT2D eigenvalue weighted by molar-refractivity contribution is 0.0361. The van der Waals surface area contributed by atoms with Crippen LogP contribution in [0.15, 0.2) is 0 Å². The topological polar surface area (TPSA) is 29.3 Å². The molecular weight excluding hydrogens is 172 g/mol. The summed E-state index contributed by atoms with van der Waals surface area (Å²) < 4.78 is 0. The zero-order chi connectivity index (χ0) is 10.1. The van der Waals surface area contributed by atoms with Gasteiger partial charge < -0.3 is 10.6 Å². The van der Waals surface area contributed by atoms with Gasteiger partial charge in [0, 0.05) is 12.6 Å². The molecule has 0 spiro atoms. The molecule has 0 bridgehead atoms. The van der Waals surface area contributed by atoms with Gasteiger partial charge in [-0.15, -0.1) is 0 Å². The molecular formula is C12H24N2. The molecule has 2 fully saturated rings. The third-order valence-corrected chi connectivity index (χ3v) is 4.29. The fraction of sp³-hybridized carbons (Fsp3) is 1.00. The van der Waals surface area contributed by atoms with Crippen molar-refractivity contribution in [2.75, 3.05) is 20.1 Å². The van der Waals surface area contributed by atoms with E-state index in [1.165, 1.54) is 32.2 Å². The molecule has 4 atom stereocenters. The van der Waals surface area contributed by atoms with Crippen molar-refractivity contribution >= 4 is 0 Å². The van der Waals surface area contributed by atoms with Crippen LogP contribution in [0.1, 0.15) is 32.6 Å². The number of fused-ring (bicyclic) bond motifs is 1. The van der Waals surface area contributed by atoms with Gasteiger partial charge in [-0.05, 0) is 57.0 Å². The van der Waals surface area contributed by atoms with E-state index in [2.05, 4.69) is 18.9 Å². The smallest absolute Gasteiger partial charge is 0.0121 e. The molecule has 4 unspecified atom stereocenters. The number of piperidine rings is 1. The summed E-state index contributed by atoms with van der Waals surface area (Å²) in [6, 6.07) is 0.869. The maximum absolute atomic E-state index is 5.80.